The molecule has 9 heteroatoms. The molecule has 0 aromatic heterocycles. The number of ketones is 2. The van der Waals surface area contributed by atoms with Gasteiger partial charge >= 0.3 is 5.97 Å². The second-order valence-corrected chi connectivity index (χ2v) is 10.4. The number of carbonyl (C=O) groups is 5. The maximum absolute atomic E-state index is 14.4. The topological polar surface area (TPSA) is 129 Å². The number of unbranched alkanes of at least 4 members (excludes halogenated alkanes) is 2. The van der Waals surface area contributed by atoms with Gasteiger partial charge in [-0.1, -0.05) is 30.2 Å². The van der Waals surface area contributed by atoms with Crippen LogP contribution in [0.3, 0.4) is 0 Å². The van der Waals surface area contributed by atoms with Crippen molar-refractivity contribution < 1.29 is 38.6 Å². The van der Waals surface area contributed by atoms with Crippen LogP contribution in [0.4, 0.5) is 4.39 Å². The lowest BCUT2D eigenvalue weighted by atomic mass is 9.59. The lowest BCUT2D eigenvalue weighted by molar-refractivity contribution is -0.141. The first-order valence-electron chi connectivity index (χ1n) is 12.9. The van der Waals surface area contributed by atoms with Crippen molar-refractivity contribution in [2.45, 2.75) is 51.4 Å². The number of aromatic hydroxyl groups is 1. The van der Waals surface area contributed by atoms with E-state index in [2.05, 4.69) is 0 Å². The average molecular weight is 522 g/mol. The smallest absolute Gasteiger partial charge is 0.303 e. The Balaban J connectivity index is 1.51. The van der Waals surface area contributed by atoms with E-state index in [0.717, 1.165) is 6.07 Å². The Morgan fingerprint density at radius 1 is 1.08 bits per heavy atom. The molecule has 198 valence electrons. The van der Waals surface area contributed by atoms with Gasteiger partial charge in [-0.3, -0.25) is 28.9 Å². The van der Waals surface area contributed by atoms with Crippen LogP contribution < -0.4 is 0 Å². The van der Waals surface area contributed by atoms with Crippen LogP contribution in [0.1, 0.15) is 56.9 Å². The van der Waals surface area contributed by atoms with Crippen molar-refractivity contribution >= 4 is 29.4 Å². The number of aliphatic carboxylic acids is 1. The minimum absolute atomic E-state index is 0.0227. The van der Waals surface area contributed by atoms with Gasteiger partial charge in [-0.25, -0.2) is 4.39 Å². The zero-order chi connectivity index (χ0) is 27.3. The average Bonchev–Trinajstić information content (AvgIpc) is 3.12. The molecule has 2 amide bonds. The number of hydrogen-bond donors (Lipinski definition) is 2. The van der Waals surface area contributed by atoms with Gasteiger partial charge in [-0.2, -0.15) is 0 Å². The fraction of sp³-hybridized carbons (Fsp3) is 0.414. The van der Waals surface area contributed by atoms with E-state index < -0.39 is 41.2 Å². The number of nitrogens with zero attached hydrogens (tertiary/aromatic N) is 1. The number of halogens is 1. The number of fused-ring (bicyclic) bond motifs is 3. The highest BCUT2D eigenvalue weighted by Crippen LogP contribution is 2.56. The number of likely N-dealkylation sites (tertiary alicyclic amines) is 1. The van der Waals surface area contributed by atoms with Crippen LogP contribution >= 0.6 is 0 Å². The van der Waals surface area contributed by atoms with E-state index in [4.69, 9.17) is 5.11 Å². The molecule has 1 aromatic carbocycles. The van der Waals surface area contributed by atoms with Gasteiger partial charge in [0.25, 0.3) is 0 Å². The first-order chi connectivity index (χ1) is 18.1. The lowest BCUT2D eigenvalue weighted by Gasteiger charge is -2.42. The Morgan fingerprint density at radius 3 is 2.58 bits per heavy atom. The van der Waals surface area contributed by atoms with Crippen molar-refractivity contribution in [1.82, 2.24) is 4.90 Å². The fourth-order valence-corrected chi connectivity index (χ4v) is 6.49. The summed E-state index contributed by atoms with van der Waals surface area (Å²) >= 11 is 0. The van der Waals surface area contributed by atoms with Gasteiger partial charge in [0, 0.05) is 41.2 Å². The summed E-state index contributed by atoms with van der Waals surface area (Å²) < 4.78 is 14.4. The van der Waals surface area contributed by atoms with E-state index in [1.807, 2.05) is 6.08 Å². The summed E-state index contributed by atoms with van der Waals surface area (Å²) in [4.78, 5) is 65.2. The summed E-state index contributed by atoms with van der Waals surface area (Å²) in [5, 5.41) is 19.5. The summed E-state index contributed by atoms with van der Waals surface area (Å²) in [6, 6.07) is 4.04. The summed E-state index contributed by atoms with van der Waals surface area (Å²) in [6.07, 6.45) is 4.96. The second kappa shape index (κ2) is 9.78. The molecule has 3 aliphatic carbocycles. The number of phenolic OH excluding ortho intramolecular Hbond substituents is 1. The van der Waals surface area contributed by atoms with Gasteiger partial charge in [0.1, 0.15) is 0 Å². The molecule has 1 aromatic rings. The minimum atomic E-state index is -0.909. The number of allylic oxidation sites excluding steroid dienone is 6. The molecule has 1 fully saturated rings. The maximum Gasteiger partial charge on any atom is 0.303 e. The molecule has 4 aliphatic rings. The molecule has 0 unspecified atom stereocenters. The van der Waals surface area contributed by atoms with E-state index in [1.165, 1.54) is 30.0 Å². The molecular weight excluding hydrogens is 493 g/mol. The number of carboxylic acid groups (broad SMARTS) is 1. The van der Waals surface area contributed by atoms with Crippen LogP contribution in [0, 0.1) is 23.6 Å². The van der Waals surface area contributed by atoms with Gasteiger partial charge < -0.3 is 10.2 Å². The molecule has 4 atom stereocenters. The van der Waals surface area contributed by atoms with E-state index in [9.17, 15) is 33.5 Å². The Morgan fingerprint density at radius 2 is 1.84 bits per heavy atom. The molecule has 2 N–H and O–H groups in total. The summed E-state index contributed by atoms with van der Waals surface area (Å²) in [7, 11) is 0. The SMILES string of the molecule is CC1=CC(=O)C2=C(C1=O)[C@@H](c1cccc(F)c1O)C1=CC[C@@H]3C(=O)N(CCCCCC(=O)O)C(=O)[C@@H]3[C@@H]1C2. The highest BCUT2D eigenvalue weighted by atomic mass is 19.1. The molecule has 0 spiro atoms. The van der Waals surface area contributed by atoms with Crippen LogP contribution in [0.2, 0.25) is 0 Å². The van der Waals surface area contributed by atoms with Crippen molar-refractivity contribution in [3.63, 3.8) is 0 Å². The molecule has 8 nitrogen and oxygen atoms in total. The molecular formula is C29H28FNO7. The number of imide groups is 1. The first-order valence-corrected chi connectivity index (χ1v) is 12.9. The summed E-state index contributed by atoms with van der Waals surface area (Å²) in [5.74, 6) is -6.52. The number of carboxylic acids is 1. The number of carbonyl (C=O) groups excluding carboxylic acids is 4. The third kappa shape index (κ3) is 4.10. The monoisotopic (exact) mass is 521 g/mol. The van der Waals surface area contributed by atoms with Crippen LogP contribution in [-0.4, -0.2) is 51.0 Å². The fourth-order valence-electron chi connectivity index (χ4n) is 6.49. The van der Waals surface area contributed by atoms with Gasteiger partial charge in [0.15, 0.2) is 23.1 Å². The molecule has 5 rings (SSSR count). The van der Waals surface area contributed by atoms with Crippen molar-refractivity contribution in [1.29, 1.82) is 0 Å². The molecule has 38 heavy (non-hydrogen) atoms. The van der Waals surface area contributed by atoms with E-state index >= 15 is 0 Å². The van der Waals surface area contributed by atoms with E-state index in [-0.39, 0.29) is 71.5 Å². The third-order valence-corrected chi connectivity index (χ3v) is 8.26. The van der Waals surface area contributed by atoms with E-state index in [1.54, 1.807) is 0 Å². The van der Waals surface area contributed by atoms with Gasteiger partial charge in [0.2, 0.25) is 11.8 Å². The van der Waals surface area contributed by atoms with Crippen LogP contribution in [0.15, 0.2) is 52.6 Å². The highest BCUT2D eigenvalue weighted by molar-refractivity contribution is 6.24. The zero-order valence-corrected chi connectivity index (χ0v) is 20.9. The normalized spacial score (nSPS) is 26.6. The van der Waals surface area contributed by atoms with Crippen molar-refractivity contribution in [2.75, 3.05) is 6.54 Å². The minimum Gasteiger partial charge on any atom is -0.505 e. The Hall–Kier alpha value is -3.88. The summed E-state index contributed by atoms with van der Waals surface area (Å²) in [5.41, 5.74) is 1.48. The standard InChI is InChI=1S/C29H28FNO7/c1-14-12-21(32)19-13-18-15(23(25(19)26(14)35)16-6-5-7-20(30)27(16)36)9-10-17-24(18)29(38)31(28(17)37)11-4-2-3-8-22(33)34/h5-7,9,12,17-18,23-24,36H,2-4,8,10-11,13H2,1H3,(H,33,34)/t17-,18+,23+,24-/m0/s1. The van der Waals surface area contributed by atoms with Crippen molar-refractivity contribution in [3.05, 3.63) is 64.0 Å². The molecule has 1 aliphatic heterocycles. The zero-order valence-electron chi connectivity index (χ0n) is 20.9. The Bertz CT molecular complexity index is 1370. The molecule has 1 heterocycles. The van der Waals surface area contributed by atoms with Gasteiger partial charge in [-0.15, -0.1) is 0 Å². The molecule has 0 radical (unpaired) electrons. The van der Waals surface area contributed by atoms with Gasteiger partial charge in [-0.05, 0) is 50.7 Å². The van der Waals surface area contributed by atoms with Crippen molar-refractivity contribution in [2.24, 2.45) is 17.8 Å². The summed E-state index contributed by atoms with van der Waals surface area (Å²) in [6.45, 7) is 1.73. The van der Waals surface area contributed by atoms with Gasteiger partial charge in [0.05, 0.1) is 11.8 Å². The largest absolute Gasteiger partial charge is 0.505 e. The number of benzene rings is 1. The van der Waals surface area contributed by atoms with Crippen LogP contribution in [-0.2, 0) is 24.0 Å². The third-order valence-electron chi connectivity index (χ3n) is 8.26. The number of phenols is 1. The number of Topliss-reactive ketones (excluding diaryl/α,β-unsaturated/α-hetero) is 1. The number of amides is 2. The Labute approximate surface area is 218 Å². The number of hydrogen-bond acceptors (Lipinski definition) is 6. The van der Waals surface area contributed by atoms with Crippen LogP contribution in [0.5, 0.6) is 5.75 Å². The molecule has 0 saturated carbocycles. The lowest BCUT2D eigenvalue weighted by Crippen LogP contribution is -2.40. The van der Waals surface area contributed by atoms with Crippen LogP contribution in [0.25, 0.3) is 0 Å². The quantitative estimate of drug-likeness (QED) is 0.243. The number of rotatable bonds is 7. The molecule has 0 bridgehead atoms. The first kappa shape index (κ1) is 25.8. The second-order valence-electron chi connectivity index (χ2n) is 10.4. The molecule has 1 saturated heterocycles. The predicted molar refractivity (Wildman–Crippen MR) is 132 cm³/mol. The highest BCUT2D eigenvalue weighted by Gasteiger charge is 2.56. The predicted octanol–water partition coefficient (Wildman–Crippen LogP) is 3.61. The number of para-hydroxylation sites is 1. The Kier molecular flexibility index (Phi) is 6.63. The van der Waals surface area contributed by atoms with Crippen molar-refractivity contribution in [3.8, 4) is 5.75 Å². The van der Waals surface area contributed by atoms with E-state index in [0.29, 0.717) is 24.8 Å². The maximum atomic E-state index is 14.4.